The number of aryl methyl sites for hydroxylation is 1. The summed E-state index contributed by atoms with van der Waals surface area (Å²) in [5.41, 5.74) is -0.0592. The highest BCUT2D eigenvalue weighted by Gasteiger charge is 2.49. The molecule has 236 valence electrons. The van der Waals surface area contributed by atoms with Gasteiger partial charge in [0.25, 0.3) is 0 Å². The van der Waals surface area contributed by atoms with E-state index in [9.17, 15) is 9.50 Å². The number of nitrogens with zero attached hydrogens (tertiary/aromatic N) is 6. The van der Waals surface area contributed by atoms with Gasteiger partial charge in [-0.05, 0) is 48.5 Å². The van der Waals surface area contributed by atoms with Crippen molar-refractivity contribution in [3.05, 3.63) is 47.7 Å². The number of aromatic nitrogens is 4. The van der Waals surface area contributed by atoms with Crippen LogP contribution < -0.4 is 9.64 Å². The van der Waals surface area contributed by atoms with Gasteiger partial charge in [0.1, 0.15) is 41.2 Å². The minimum Gasteiger partial charge on any atom is -0.508 e. The molecule has 2 aromatic heterocycles. The number of morpholine rings is 1. The first kappa shape index (κ1) is 28.8. The summed E-state index contributed by atoms with van der Waals surface area (Å²) < 4.78 is 60.2. The fraction of sp³-hybridized carbons (Fsp3) is 0.382. The number of anilines is 1. The second-order valence-corrected chi connectivity index (χ2v) is 12.4. The van der Waals surface area contributed by atoms with Crippen LogP contribution in [-0.2, 0) is 11.8 Å². The zero-order chi connectivity index (χ0) is 31.7. The predicted molar refractivity (Wildman–Crippen MR) is 168 cm³/mol. The SMILES string of the molecule is C#Cc1c(F)ccc2cc(O)cc(-c3c(F)c4nc(OC[C@@]56CCCN5C[C@H](F)C6)nc(N5CCOCC5)c4c4cn(C)nc34)c12. The summed E-state index contributed by atoms with van der Waals surface area (Å²) in [6, 6.07) is 5.50. The first-order valence-electron chi connectivity index (χ1n) is 15.4. The van der Waals surface area contributed by atoms with Crippen molar-refractivity contribution >= 4 is 38.4 Å². The summed E-state index contributed by atoms with van der Waals surface area (Å²) in [4.78, 5) is 13.6. The van der Waals surface area contributed by atoms with Crippen molar-refractivity contribution in [1.82, 2.24) is 24.6 Å². The highest BCUT2D eigenvalue weighted by molar-refractivity contribution is 6.18. The molecule has 0 amide bonds. The Kier molecular flexibility index (Phi) is 6.74. The van der Waals surface area contributed by atoms with Gasteiger partial charge in [0.05, 0.1) is 29.7 Å². The van der Waals surface area contributed by atoms with Crippen molar-refractivity contribution in [2.45, 2.75) is 31.0 Å². The van der Waals surface area contributed by atoms with E-state index < -0.39 is 23.3 Å². The molecule has 0 aliphatic carbocycles. The summed E-state index contributed by atoms with van der Waals surface area (Å²) in [6.45, 7) is 3.30. The lowest BCUT2D eigenvalue weighted by Gasteiger charge is -2.31. The Morgan fingerprint density at radius 3 is 2.76 bits per heavy atom. The zero-order valence-electron chi connectivity index (χ0n) is 25.2. The molecule has 8 rings (SSSR count). The van der Waals surface area contributed by atoms with Crippen LogP contribution in [-0.4, -0.2) is 87.5 Å². The number of alkyl halides is 1. The van der Waals surface area contributed by atoms with Gasteiger partial charge in [-0.2, -0.15) is 15.1 Å². The maximum atomic E-state index is 17.3. The molecule has 0 spiro atoms. The van der Waals surface area contributed by atoms with Gasteiger partial charge in [0.2, 0.25) is 0 Å². The van der Waals surface area contributed by atoms with Crippen LogP contribution in [0.2, 0.25) is 0 Å². The number of benzene rings is 3. The van der Waals surface area contributed by atoms with E-state index in [0.29, 0.717) is 61.2 Å². The molecule has 0 unspecified atom stereocenters. The standard InChI is InChI=1S/C34H31F3N6O3/c1-3-22-25(36)6-5-19-13-21(44)14-23(26(19)22)27-29(37)31-28(24-17-41(2)40-30(24)27)32(42-9-11-45-12-10-42)39-33(38-31)46-18-34-7-4-8-43(34)16-20(35)15-34/h1,5-6,13-14,17,20,44H,4,7-12,15-16,18H2,2H3/t20-,34+/m1/s1. The van der Waals surface area contributed by atoms with E-state index in [0.717, 1.165) is 19.4 Å². The lowest BCUT2D eigenvalue weighted by atomic mass is 9.91. The van der Waals surface area contributed by atoms with Gasteiger partial charge in [-0.15, -0.1) is 6.42 Å². The van der Waals surface area contributed by atoms with Crippen molar-refractivity contribution in [2.75, 3.05) is 50.9 Å². The fourth-order valence-corrected chi connectivity index (χ4v) is 7.64. The Hall–Kier alpha value is -4.60. The third-order valence-electron chi connectivity index (χ3n) is 9.64. The molecular weight excluding hydrogens is 597 g/mol. The lowest BCUT2D eigenvalue weighted by Crippen LogP contribution is -2.43. The second kappa shape index (κ2) is 10.7. The first-order valence-corrected chi connectivity index (χ1v) is 15.4. The molecular formula is C34H31F3N6O3. The fourth-order valence-electron chi connectivity index (χ4n) is 7.64. The van der Waals surface area contributed by atoms with Gasteiger partial charge >= 0.3 is 6.01 Å². The number of phenolic OH excluding ortho intramolecular Hbond substituents is 1. The number of phenols is 1. The first-order chi connectivity index (χ1) is 22.3. The van der Waals surface area contributed by atoms with E-state index in [4.69, 9.17) is 20.9 Å². The van der Waals surface area contributed by atoms with Crippen molar-refractivity contribution in [3.8, 4) is 35.2 Å². The third-order valence-corrected chi connectivity index (χ3v) is 9.64. The van der Waals surface area contributed by atoms with Gasteiger partial charge in [-0.3, -0.25) is 9.58 Å². The number of fused-ring (bicyclic) bond motifs is 5. The van der Waals surface area contributed by atoms with Gasteiger partial charge in [0, 0.05) is 55.6 Å². The maximum Gasteiger partial charge on any atom is 0.319 e. The minimum absolute atomic E-state index is 0.0142. The van der Waals surface area contributed by atoms with E-state index in [1.54, 1.807) is 17.9 Å². The Morgan fingerprint density at radius 2 is 1.96 bits per heavy atom. The Bertz CT molecular complexity index is 2090. The second-order valence-electron chi connectivity index (χ2n) is 12.4. The predicted octanol–water partition coefficient (Wildman–Crippen LogP) is 5.09. The zero-order valence-corrected chi connectivity index (χ0v) is 25.2. The number of hydrogen-bond donors (Lipinski definition) is 1. The average Bonchev–Trinajstić information content (AvgIpc) is 3.71. The molecule has 0 radical (unpaired) electrons. The van der Waals surface area contributed by atoms with Gasteiger partial charge < -0.3 is 19.5 Å². The molecule has 9 nitrogen and oxygen atoms in total. The van der Waals surface area contributed by atoms with Gasteiger partial charge in [-0.1, -0.05) is 12.0 Å². The van der Waals surface area contributed by atoms with E-state index in [1.807, 2.05) is 4.90 Å². The summed E-state index contributed by atoms with van der Waals surface area (Å²) in [6.07, 6.45) is 8.69. The number of ether oxygens (including phenoxy) is 2. The summed E-state index contributed by atoms with van der Waals surface area (Å²) in [5, 5.41) is 17.1. The van der Waals surface area contributed by atoms with Gasteiger partial charge in [-0.25, -0.2) is 13.2 Å². The van der Waals surface area contributed by atoms with Crippen molar-refractivity contribution in [1.29, 1.82) is 0 Å². The van der Waals surface area contributed by atoms with Gasteiger partial charge in [0.15, 0.2) is 5.82 Å². The third kappa shape index (κ3) is 4.44. The summed E-state index contributed by atoms with van der Waals surface area (Å²) in [5.74, 6) is 1.34. The van der Waals surface area contributed by atoms with E-state index in [2.05, 4.69) is 20.9 Å². The number of rotatable bonds is 5. The number of halogens is 3. The largest absolute Gasteiger partial charge is 0.508 e. The van der Waals surface area contributed by atoms with Crippen LogP contribution >= 0.6 is 0 Å². The molecule has 46 heavy (non-hydrogen) atoms. The molecule has 3 saturated heterocycles. The highest BCUT2D eigenvalue weighted by atomic mass is 19.1. The molecule has 5 aromatic rings. The van der Waals surface area contributed by atoms with Crippen LogP contribution in [0.4, 0.5) is 19.0 Å². The topological polar surface area (TPSA) is 88.8 Å². The van der Waals surface area contributed by atoms with Crippen LogP contribution in [0.1, 0.15) is 24.8 Å². The van der Waals surface area contributed by atoms with Crippen LogP contribution in [0.25, 0.3) is 43.7 Å². The van der Waals surface area contributed by atoms with Crippen molar-refractivity contribution in [3.63, 3.8) is 0 Å². The molecule has 12 heteroatoms. The average molecular weight is 629 g/mol. The number of hydrogen-bond acceptors (Lipinski definition) is 8. The molecule has 5 heterocycles. The number of terminal acetylenes is 1. The lowest BCUT2D eigenvalue weighted by molar-refractivity contribution is 0.107. The Labute approximate surface area is 262 Å². The Morgan fingerprint density at radius 1 is 1.13 bits per heavy atom. The van der Waals surface area contributed by atoms with Crippen LogP contribution in [0.5, 0.6) is 11.8 Å². The quantitative estimate of drug-likeness (QED) is 0.270. The molecule has 3 aliphatic heterocycles. The van der Waals surface area contributed by atoms with Crippen molar-refractivity contribution in [2.24, 2.45) is 7.05 Å². The Balaban J connectivity index is 1.39. The highest BCUT2D eigenvalue weighted by Crippen LogP contribution is 2.45. The molecule has 2 atom stereocenters. The smallest absolute Gasteiger partial charge is 0.319 e. The van der Waals surface area contributed by atoms with E-state index in [1.165, 1.54) is 24.3 Å². The molecule has 0 saturated carbocycles. The maximum absolute atomic E-state index is 17.3. The molecule has 3 fully saturated rings. The monoisotopic (exact) mass is 628 g/mol. The molecule has 0 bridgehead atoms. The van der Waals surface area contributed by atoms with Crippen LogP contribution in [0.3, 0.4) is 0 Å². The van der Waals surface area contributed by atoms with E-state index >= 15 is 8.78 Å². The van der Waals surface area contributed by atoms with Crippen LogP contribution in [0, 0.1) is 24.0 Å². The summed E-state index contributed by atoms with van der Waals surface area (Å²) >= 11 is 0. The molecule has 3 aromatic carbocycles. The van der Waals surface area contributed by atoms with Crippen molar-refractivity contribution < 1.29 is 27.8 Å². The minimum atomic E-state index is -0.931. The molecule has 1 N–H and O–H groups in total. The summed E-state index contributed by atoms with van der Waals surface area (Å²) in [7, 11) is 1.72. The van der Waals surface area contributed by atoms with E-state index in [-0.39, 0.29) is 51.5 Å². The normalized spacial score (nSPS) is 21.8. The molecule has 3 aliphatic rings. The van der Waals surface area contributed by atoms with Crippen LogP contribution in [0.15, 0.2) is 30.5 Å². The number of aromatic hydroxyl groups is 1.